The second-order valence-corrected chi connectivity index (χ2v) is 5.05. The van der Waals surface area contributed by atoms with Crippen molar-refractivity contribution in [1.82, 2.24) is 0 Å². The SMILES string of the molecule is COc1ccc(CC(=O)CCC(C)N)cc1Br. The third kappa shape index (κ3) is 4.88. The van der Waals surface area contributed by atoms with Gasteiger partial charge >= 0.3 is 0 Å². The van der Waals surface area contributed by atoms with Gasteiger partial charge in [-0.1, -0.05) is 6.07 Å². The van der Waals surface area contributed by atoms with Crippen LogP contribution >= 0.6 is 15.9 Å². The molecule has 1 rings (SSSR count). The molecule has 1 unspecified atom stereocenters. The average Bonchev–Trinajstić information content (AvgIpc) is 2.26. The van der Waals surface area contributed by atoms with E-state index in [2.05, 4.69) is 15.9 Å². The molecular formula is C13H18BrNO2. The van der Waals surface area contributed by atoms with Gasteiger partial charge in [-0.25, -0.2) is 0 Å². The molecule has 17 heavy (non-hydrogen) atoms. The summed E-state index contributed by atoms with van der Waals surface area (Å²) < 4.78 is 6.01. The van der Waals surface area contributed by atoms with Crippen LogP contribution in [0, 0.1) is 0 Å². The molecule has 0 aromatic heterocycles. The van der Waals surface area contributed by atoms with Crippen molar-refractivity contribution in [2.75, 3.05) is 7.11 Å². The molecule has 0 spiro atoms. The highest BCUT2D eigenvalue weighted by molar-refractivity contribution is 9.10. The van der Waals surface area contributed by atoms with E-state index in [4.69, 9.17) is 10.5 Å². The Morgan fingerprint density at radius 2 is 2.24 bits per heavy atom. The minimum absolute atomic E-state index is 0.0848. The number of methoxy groups -OCH3 is 1. The van der Waals surface area contributed by atoms with E-state index in [1.807, 2.05) is 25.1 Å². The number of rotatable bonds is 6. The summed E-state index contributed by atoms with van der Waals surface area (Å²) in [6, 6.07) is 5.77. The van der Waals surface area contributed by atoms with Crippen LogP contribution in [0.3, 0.4) is 0 Å². The van der Waals surface area contributed by atoms with Crippen molar-refractivity contribution in [1.29, 1.82) is 0 Å². The molecule has 0 heterocycles. The lowest BCUT2D eigenvalue weighted by Gasteiger charge is -2.07. The first-order chi connectivity index (χ1) is 8.02. The monoisotopic (exact) mass is 299 g/mol. The molecule has 4 heteroatoms. The van der Waals surface area contributed by atoms with Crippen LogP contribution in [-0.4, -0.2) is 18.9 Å². The number of ether oxygens (including phenoxy) is 1. The molecule has 0 bridgehead atoms. The van der Waals surface area contributed by atoms with Crippen molar-refractivity contribution in [2.24, 2.45) is 5.73 Å². The molecule has 0 aliphatic rings. The van der Waals surface area contributed by atoms with Crippen LogP contribution in [0.5, 0.6) is 5.75 Å². The van der Waals surface area contributed by atoms with Gasteiger partial charge in [0.05, 0.1) is 11.6 Å². The Morgan fingerprint density at radius 1 is 1.53 bits per heavy atom. The fourth-order valence-electron chi connectivity index (χ4n) is 1.52. The molecule has 0 aliphatic heterocycles. The summed E-state index contributed by atoms with van der Waals surface area (Å²) in [5.74, 6) is 0.996. The van der Waals surface area contributed by atoms with Crippen LogP contribution < -0.4 is 10.5 Å². The Kier molecular flexibility index (Phi) is 5.65. The molecule has 0 fully saturated rings. The molecule has 2 N–H and O–H groups in total. The van der Waals surface area contributed by atoms with Gasteiger partial charge in [-0.3, -0.25) is 4.79 Å². The normalized spacial score (nSPS) is 12.2. The zero-order chi connectivity index (χ0) is 12.8. The number of benzene rings is 1. The van der Waals surface area contributed by atoms with Crippen molar-refractivity contribution in [3.05, 3.63) is 28.2 Å². The van der Waals surface area contributed by atoms with Crippen molar-refractivity contribution >= 4 is 21.7 Å². The highest BCUT2D eigenvalue weighted by Gasteiger charge is 2.07. The molecule has 1 aromatic carbocycles. The molecule has 94 valence electrons. The summed E-state index contributed by atoms with van der Waals surface area (Å²) in [6.07, 6.45) is 1.74. The molecule has 0 saturated carbocycles. The first-order valence-corrected chi connectivity index (χ1v) is 6.42. The van der Waals surface area contributed by atoms with E-state index in [0.717, 1.165) is 22.2 Å². The predicted octanol–water partition coefficient (Wildman–Crippen LogP) is 2.70. The van der Waals surface area contributed by atoms with Gasteiger partial charge in [-0.05, 0) is 47.0 Å². The first kappa shape index (κ1) is 14.2. The number of Topliss-reactive ketones (excluding diaryl/α,β-unsaturated/α-hetero) is 1. The van der Waals surface area contributed by atoms with Crippen LogP contribution in [0.1, 0.15) is 25.3 Å². The molecule has 0 saturated heterocycles. The Bertz CT molecular complexity index is 391. The summed E-state index contributed by atoms with van der Waals surface area (Å²) in [4.78, 5) is 11.7. The van der Waals surface area contributed by atoms with Crippen LogP contribution in [0.15, 0.2) is 22.7 Å². The number of halogens is 1. The van der Waals surface area contributed by atoms with E-state index in [9.17, 15) is 4.79 Å². The maximum atomic E-state index is 11.7. The predicted molar refractivity (Wildman–Crippen MR) is 72.3 cm³/mol. The summed E-state index contributed by atoms with van der Waals surface area (Å²) >= 11 is 3.40. The van der Waals surface area contributed by atoms with Crippen LogP contribution in [-0.2, 0) is 11.2 Å². The average molecular weight is 300 g/mol. The summed E-state index contributed by atoms with van der Waals surface area (Å²) in [5.41, 5.74) is 6.61. The standard InChI is InChI=1S/C13H18BrNO2/c1-9(15)3-5-11(16)7-10-4-6-13(17-2)12(14)8-10/h4,6,8-9H,3,5,7,15H2,1-2H3. The van der Waals surface area contributed by atoms with E-state index in [1.165, 1.54) is 0 Å². The van der Waals surface area contributed by atoms with Crippen molar-refractivity contribution in [3.8, 4) is 5.75 Å². The molecule has 1 atom stereocenters. The minimum atomic E-state index is 0.0848. The van der Waals surface area contributed by atoms with Gasteiger partial charge in [0.1, 0.15) is 11.5 Å². The van der Waals surface area contributed by atoms with Gasteiger partial charge in [0.15, 0.2) is 0 Å². The summed E-state index contributed by atoms with van der Waals surface area (Å²) in [7, 11) is 1.62. The Morgan fingerprint density at radius 3 is 2.76 bits per heavy atom. The topological polar surface area (TPSA) is 52.3 Å². The number of carbonyl (C=O) groups excluding carboxylic acids is 1. The van der Waals surface area contributed by atoms with Gasteiger partial charge in [0.25, 0.3) is 0 Å². The number of hydrogen-bond donors (Lipinski definition) is 1. The molecule has 0 aliphatic carbocycles. The zero-order valence-corrected chi connectivity index (χ0v) is 11.8. The van der Waals surface area contributed by atoms with Gasteiger partial charge in [-0.2, -0.15) is 0 Å². The fraction of sp³-hybridized carbons (Fsp3) is 0.462. The maximum absolute atomic E-state index is 11.7. The van der Waals surface area contributed by atoms with E-state index in [1.54, 1.807) is 7.11 Å². The summed E-state index contributed by atoms with van der Waals surface area (Å²) in [5, 5.41) is 0. The second-order valence-electron chi connectivity index (χ2n) is 4.20. The fourth-order valence-corrected chi connectivity index (χ4v) is 2.11. The lowest BCUT2D eigenvalue weighted by atomic mass is 10.0. The van der Waals surface area contributed by atoms with Crippen LogP contribution in [0.4, 0.5) is 0 Å². The smallest absolute Gasteiger partial charge is 0.137 e. The highest BCUT2D eigenvalue weighted by atomic mass is 79.9. The first-order valence-electron chi connectivity index (χ1n) is 5.62. The van der Waals surface area contributed by atoms with E-state index in [-0.39, 0.29) is 11.8 Å². The third-order valence-electron chi connectivity index (χ3n) is 2.50. The third-order valence-corrected chi connectivity index (χ3v) is 3.12. The number of carbonyl (C=O) groups is 1. The van der Waals surface area contributed by atoms with Crippen molar-refractivity contribution < 1.29 is 9.53 Å². The van der Waals surface area contributed by atoms with Gasteiger partial charge in [0, 0.05) is 18.9 Å². The molecular weight excluding hydrogens is 282 g/mol. The van der Waals surface area contributed by atoms with Gasteiger partial charge in [-0.15, -0.1) is 0 Å². The van der Waals surface area contributed by atoms with Crippen LogP contribution in [0.25, 0.3) is 0 Å². The maximum Gasteiger partial charge on any atom is 0.137 e. The van der Waals surface area contributed by atoms with Crippen molar-refractivity contribution in [2.45, 2.75) is 32.2 Å². The Labute approximate surface area is 110 Å². The second kappa shape index (κ2) is 6.77. The van der Waals surface area contributed by atoms with Gasteiger partial charge < -0.3 is 10.5 Å². The molecule has 1 aromatic rings. The van der Waals surface area contributed by atoms with Crippen molar-refractivity contribution in [3.63, 3.8) is 0 Å². The number of ketones is 1. The number of hydrogen-bond acceptors (Lipinski definition) is 3. The molecule has 0 amide bonds. The minimum Gasteiger partial charge on any atom is -0.496 e. The molecule has 0 radical (unpaired) electrons. The highest BCUT2D eigenvalue weighted by Crippen LogP contribution is 2.25. The summed E-state index contributed by atoms with van der Waals surface area (Å²) in [6.45, 7) is 1.91. The van der Waals surface area contributed by atoms with E-state index in [0.29, 0.717) is 12.8 Å². The van der Waals surface area contributed by atoms with E-state index < -0.39 is 0 Å². The Hall–Kier alpha value is -0.870. The van der Waals surface area contributed by atoms with Gasteiger partial charge in [0.2, 0.25) is 0 Å². The quantitative estimate of drug-likeness (QED) is 0.879. The lowest BCUT2D eigenvalue weighted by molar-refractivity contribution is -0.118. The number of nitrogens with two attached hydrogens (primary N) is 1. The molecule has 3 nitrogen and oxygen atoms in total. The van der Waals surface area contributed by atoms with Crippen LogP contribution in [0.2, 0.25) is 0 Å². The zero-order valence-electron chi connectivity index (χ0n) is 10.2. The van der Waals surface area contributed by atoms with E-state index >= 15 is 0 Å². The lowest BCUT2D eigenvalue weighted by Crippen LogP contribution is -2.16. The Balaban J connectivity index is 2.57. The largest absolute Gasteiger partial charge is 0.496 e.